The van der Waals surface area contributed by atoms with E-state index in [4.69, 9.17) is 8.92 Å². The summed E-state index contributed by atoms with van der Waals surface area (Å²) in [6.45, 7) is 8.59. The van der Waals surface area contributed by atoms with Crippen LogP contribution in [0.1, 0.15) is 52.9 Å². The predicted octanol–water partition coefficient (Wildman–Crippen LogP) is 3.21. The van der Waals surface area contributed by atoms with E-state index in [1.807, 2.05) is 0 Å². The number of carboxylic acid groups (broad SMARTS) is 1. The molecule has 1 aromatic rings. The highest BCUT2D eigenvalue weighted by Gasteiger charge is 2.61. The molecule has 3 aliphatic carbocycles. The number of ether oxygens (including phenoxy) is 1. The van der Waals surface area contributed by atoms with Crippen LogP contribution in [0.25, 0.3) is 0 Å². The fourth-order valence-corrected chi connectivity index (χ4v) is 7.73. The number of aliphatic carboxylic acids is 1. The number of carboxylic acids is 1. The summed E-state index contributed by atoms with van der Waals surface area (Å²) in [5, 5.41) is 15.1. The van der Waals surface area contributed by atoms with Crippen molar-refractivity contribution >= 4 is 49.9 Å². The van der Waals surface area contributed by atoms with Crippen LogP contribution in [0.2, 0.25) is 0 Å². The average molecular weight is 697 g/mol. The molecule has 12 nitrogen and oxygen atoms in total. The fourth-order valence-electron chi connectivity index (χ4n) is 6.39. The number of hydrogen-bond acceptors (Lipinski definition) is 8. The van der Waals surface area contributed by atoms with Gasteiger partial charge in [-0.3, -0.25) is 13.8 Å². The van der Waals surface area contributed by atoms with Crippen molar-refractivity contribution in [2.24, 2.45) is 23.2 Å². The third kappa shape index (κ3) is 6.66. The topological polar surface area (TPSA) is 168 Å². The summed E-state index contributed by atoms with van der Waals surface area (Å²) in [4.78, 5) is 53.8. The molecule has 44 heavy (non-hydrogen) atoms. The molecule has 0 bridgehead atoms. The molecule has 1 heterocycles. The third-order valence-corrected chi connectivity index (χ3v) is 11.0. The van der Waals surface area contributed by atoms with Crippen LogP contribution in [0.4, 0.5) is 4.79 Å². The lowest BCUT2D eigenvalue weighted by molar-refractivity contribution is -0.146. The SMILES string of the molecule is C=C[C@@H]1C[C@]1(NC(=O)[C@@H]1C[C@H](OS(=O)(=O)c2ccc(Br)cc2)CN1C(=O)[C@@H](NC(=O)O[C@@H]1C[C@@H]2C[C@@H]2C1)C(C)(C)C)C(=O)O. The van der Waals surface area contributed by atoms with Gasteiger partial charge in [0.25, 0.3) is 10.1 Å². The molecule has 8 atom stereocenters. The molecule has 4 aliphatic rings. The Morgan fingerprint density at radius 3 is 2.27 bits per heavy atom. The Bertz CT molecular complexity index is 1450. The van der Waals surface area contributed by atoms with Crippen LogP contribution < -0.4 is 10.6 Å². The Balaban J connectivity index is 1.37. The van der Waals surface area contributed by atoms with Crippen molar-refractivity contribution in [1.29, 1.82) is 0 Å². The van der Waals surface area contributed by atoms with Gasteiger partial charge < -0.3 is 25.4 Å². The number of fused-ring (bicyclic) bond motifs is 1. The number of benzene rings is 1. The maximum atomic E-state index is 14.1. The van der Waals surface area contributed by atoms with Crippen molar-refractivity contribution in [2.75, 3.05) is 6.54 Å². The maximum Gasteiger partial charge on any atom is 0.408 e. The largest absolute Gasteiger partial charge is 0.479 e. The van der Waals surface area contributed by atoms with Gasteiger partial charge in [0.1, 0.15) is 23.7 Å². The van der Waals surface area contributed by atoms with Gasteiger partial charge in [-0.2, -0.15) is 8.42 Å². The number of amides is 3. The summed E-state index contributed by atoms with van der Waals surface area (Å²) in [6.07, 6.45) is 2.04. The zero-order valence-electron chi connectivity index (χ0n) is 24.8. The molecule has 0 spiro atoms. The second kappa shape index (κ2) is 11.8. The minimum Gasteiger partial charge on any atom is -0.479 e. The van der Waals surface area contributed by atoms with Gasteiger partial charge in [0, 0.05) is 23.4 Å². The Kier molecular flexibility index (Phi) is 8.66. The molecule has 14 heteroatoms. The molecule has 5 rings (SSSR count). The standard InChI is InChI=1S/C30H38BrN3O9S/c1-5-18-14-30(18,27(37)38)33-25(35)23-13-21(43-44(40,41)22-8-6-19(31)7-9-22)15-34(23)26(36)24(29(2,3)4)32-28(39)42-20-11-16-10-17(16)12-20/h5-9,16-18,20-21,23-24H,1,10-15H2,2-4H3,(H,32,39)(H,33,35)(H,37,38)/t16-,17+,18-,20+,21+,23+,24-,30-/m1/s1. The molecule has 240 valence electrons. The Labute approximate surface area is 265 Å². The minimum absolute atomic E-state index is 0.107. The van der Waals surface area contributed by atoms with Crippen LogP contribution in [0.3, 0.4) is 0 Å². The zero-order valence-corrected chi connectivity index (χ0v) is 27.2. The first-order valence-electron chi connectivity index (χ1n) is 14.7. The molecular formula is C30H38BrN3O9S. The maximum absolute atomic E-state index is 14.1. The molecule has 0 aromatic heterocycles. The van der Waals surface area contributed by atoms with E-state index < -0.39 is 69.1 Å². The number of likely N-dealkylation sites (tertiary alicyclic amines) is 1. The highest BCUT2D eigenvalue weighted by atomic mass is 79.9. The molecule has 0 unspecified atom stereocenters. The van der Waals surface area contributed by atoms with Crippen LogP contribution >= 0.6 is 15.9 Å². The molecule has 3 N–H and O–H groups in total. The van der Waals surface area contributed by atoms with Crippen LogP contribution in [-0.4, -0.2) is 78.7 Å². The molecule has 3 amide bonds. The lowest BCUT2D eigenvalue weighted by atomic mass is 9.85. The van der Waals surface area contributed by atoms with Gasteiger partial charge in [-0.15, -0.1) is 6.58 Å². The number of rotatable bonds is 10. The fraction of sp³-hybridized carbons (Fsp3) is 0.600. The highest BCUT2D eigenvalue weighted by Crippen LogP contribution is 2.52. The lowest BCUT2D eigenvalue weighted by Crippen LogP contribution is -2.59. The molecule has 3 saturated carbocycles. The molecular weight excluding hydrogens is 658 g/mol. The van der Waals surface area contributed by atoms with Crippen molar-refractivity contribution < 1.29 is 41.6 Å². The van der Waals surface area contributed by atoms with Gasteiger partial charge in [0.15, 0.2) is 0 Å². The summed E-state index contributed by atoms with van der Waals surface area (Å²) in [5.74, 6) is -1.97. The van der Waals surface area contributed by atoms with Gasteiger partial charge in [0.05, 0.1) is 11.0 Å². The van der Waals surface area contributed by atoms with Gasteiger partial charge in [-0.05, 0) is 67.2 Å². The van der Waals surface area contributed by atoms with E-state index in [-0.39, 0.29) is 30.4 Å². The van der Waals surface area contributed by atoms with E-state index in [1.165, 1.54) is 23.1 Å². The molecule has 1 aromatic carbocycles. The number of nitrogens with zero attached hydrogens (tertiary/aromatic N) is 1. The van der Waals surface area contributed by atoms with E-state index in [0.29, 0.717) is 16.3 Å². The summed E-state index contributed by atoms with van der Waals surface area (Å²) in [7, 11) is -4.28. The number of carbonyl (C=O) groups is 4. The predicted molar refractivity (Wildman–Crippen MR) is 161 cm³/mol. The van der Waals surface area contributed by atoms with Crippen molar-refractivity contribution in [2.45, 2.75) is 87.6 Å². The number of halogens is 1. The van der Waals surface area contributed by atoms with E-state index in [9.17, 15) is 32.7 Å². The Hall–Kier alpha value is -2.97. The van der Waals surface area contributed by atoms with E-state index in [1.54, 1.807) is 32.9 Å². The summed E-state index contributed by atoms with van der Waals surface area (Å²) in [5.41, 5.74) is -2.40. The second-order valence-electron chi connectivity index (χ2n) is 13.4. The smallest absolute Gasteiger partial charge is 0.408 e. The minimum atomic E-state index is -4.28. The number of alkyl carbamates (subject to hydrolysis) is 1. The first-order chi connectivity index (χ1) is 20.5. The second-order valence-corrected chi connectivity index (χ2v) is 15.9. The van der Waals surface area contributed by atoms with Gasteiger partial charge >= 0.3 is 12.1 Å². The highest BCUT2D eigenvalue weighted by molar-refractivity contribution is 9.10. The summed E-state index contributed by atoms with van der Waals surface area (Å²) in [6, 6.07) is 3.40. The Morgan fingerprint density at radius 2 is 1.73 bits per heavy atom. The zero-order chi connectivity index (χ0) is 32.2. The first-order valence-corrected chi connectivity index (χ1v) is 16.9. The van der Waals surface area contributed by atoms with Crippen LogP contribution in [0.5, 0.6) is 0 Å². The van der Waals surface area contributed by atoms with E-state index >= 15 is 0 Å². The average Bonchev–Trinajstić information content (AvgIpc) is 3.75. The quantitative estimate of drug-likeness (QED) is 0.246. The summed E-state index contributed by atoms with van der Waals surface area (Å²) < 4.78 is 38.0. The molecule has 1 aliphatic heterocycles. The van der Waals surface area contributed by atoms with Crippen molar-refractivity contribution in [3.63, 3.8) is 0 Å². The number of hydrogen-bond donors (Lipinski definition) is 3. The molecule has 1 saturated heterocycles. The van der Waals surface area contributed by atoms with Crippen LogP contribution in [0, 0.1) is 23.2 Å². The third-order valence-electron chi connectivity index (χ3n) is 9.09. The van der Waals surface area contributed by atoms with Gasteiger partial charge in [-0.1, -0.05) is 42.8 Å². The van der Waals surface area contributed by atoms with Crippen molar-refractivity contribution in [1.82, 2.24) is 15.5 Å². The normalized spacial score (nSPS) is 31.4. The van der Waals surface area contributed by atoms with Crippen molar-refractivity contribution in [3.05, 3.63) is 41.4 Å². The van der Waals surface area contributed by atoms with Gasteiger partial charge in [0.2, 0.25) is 11.8 Å². The van der Waals surface area contributed by atoms with Crippen LogP contribution in [0.15, 0.2) is 46.3 Å². The first kappa shape index (κ1) is 32.4. The molecule has 0 radical (unpaired) electrons. The number of carbonyl (C=O) groups excluding carboxylic acids is 3. The van der Waals surface area contributed by atoms with Crippen molar-refractivity contribution in [3.8, 4) is 0 Å². The molecule has 4 fully saturated rings. The Morgan fingerprint density at radius 1 is 1.09 bits per heavy atom. The summed E-state index contributed by atoms with van der Waals surface area (Å²) >= 11 is 3.26. The van der Waals surface area contributed by atoms with Gasteiger partial charge in [-0.25, -0.2) is 9.59 Å². The number of nitrogens with one attached hydrogen (secondary N) is 2. The van der Waals surface area contributed by atoms with Crippen LogP contribution in [-0.2, 0) is 33.4 Å². The van der Waals surface area contributed by atoms with E-state index in [0.717, 1.165) is 19.3 Å². The lowest BCUT2D eigenvalue weighted by Gasteiger charge is -2.35. The van der Waals surface area contributed by atoms with E-state index in [2.05, 4.69) is 33.1 Å². The monoisotopic (exact) mass is 695 g/mol.